The second-order valence-corrected chi connectivity index (χ2v) is 13.0. The van der Waals surface area contributed by atoms with E-state index < -0.39 is 19.7 Å². The third kappa shape index (κ3) is 4.57. The summed E-state index contributed by atoms with van der Waals surface area (Å²) < 4.78 is 52.0. The minimum atomic E-state index is -3.63. The molecule has 1 aromatic heterocycles. The molecule has 0 fully saturated rings. The van der Waals surface area contributed by atoms with Crippen LogP contribution in [-0.4, -0.2) is 26.8 Å². The van der Waals surface area contributed by atoms with Crippen molar-refractivity contribution in [2.24, 2.45) is 0 Å². The van der Waals surface area contributed by atoms with Gasteiger partial charge >= 0.3 is 0 Å². The first kappa shape index (κ1) is 25.6. The summed E-state index contributed by atoms with van der Waals surface area (Å²) in [5.74, 6) is 0. The zero-order chi connectivity index (χ0) is 27.7. The van der Waals surface area contributed by atoms with Crippen molar-refractivity contribution in [3.63, 3.8) is 0 Å². The van der Waals surface area contributed by atoms with E-state index in [1.807, 2.05) is 12.1 Å². The van der Waals surface area contributed by atoms with Crippen molar-refractivity contribution in [1.29, 1.82) is 0 Å². The minimum Gasteiger partial charge on any atom is -0.252 e. The highest BCUT2D eigenvalue weighted by Crippen LogP contribution is 2.35. The van der Waals surface area contributed by atoms with E-state index in [4.69, 9.17) is 0 Å². The van der Waals surface area contributed by atoms with Gasteiger partial charge in [-0.25, -0.2) is 16.8 Å². The molecular weight excluding hydrogens is 540 g/mol. The summed E-state index contributed by atoms with van der Waals surface area (Å²) >= 11 is 0. The van der Waals surface area contributed by atoms with Gasteiger partial charge in [-0.05, 0) is 59.7 Å². The van der Waals surface area contributed by atoms with E-state index in [0.717, 1.165) is 22.3 Å². The normalized spacial score (nSPS) is 11.9. The maximum Gasteiger partial charge on any atom is 0.206 e. The van der Waals surface area contributed by atoms with Crippen LogP contribution in [0.5, 0.6) is 0 Å². The molecule has 0 unspecified atom stereocenters. The van der Waals surface area contributed by atoms with Crippen LogP contribution in [0.15, 0.2) is 153 Å². The van der Waals surface area contributed by atoms with Crippen molar-refractivity contribution in [3.8, 4) is 22.3 Å². The van der Waals surface area contributed by atoms with E-state index in [2.05, 4.69) is 9.97 Å². The Bertz CT molecular complexity index is 1890. The predicted molar refractivity (Wildman–Crippen MR) is 154 cm³/mol. The Hall–Kier alpha value is -4.66. The molecule has 5 aromatic carbocycles. The maximum atomic E-state index is 13.0. The molecule has 6 nitrogen and oxygen atoms in total. The number of benzene rings is 5. The van der Waals surface area contributed by atoms with Crippen LogP contribution in [-0.2, 0) is 19.7 Å². The Labute approximate surface area is 232 Å². The molecule has 0 amide bonds. The predicted octanol–water partition coefficient (Wildman–Crippen LogP) is 6.63. The van der Waals surface area contributed by atoms with Gasteiger partial charge in [-0.3, -0.25) is 9.97 Å². The van der Waals surface area contributed by atoms with E-state index in [-0.39, 0.29) is 19.6 Å². The molecule has 196 valence electrons. The summed E-state index contributed by atoms with van der Waals surface area (Å²) in [5.41, 5.74) is 4.51. The lowest BCUT2D eigenvalue weighted by Gasteiger charge is -2.12. The van der Waals surface area contributed by atoms with Gasteiger partial charge in [0, 0.05) is 23.5 Å². The Balaban J connectivity index is 1.36. The lowest BCUT2D eigenvalue weighted by Crippen LogP contribution is -2.01. The molecule has 6 aromatic rings. The van der Waals surface area contributed by atoms with Crippen LogP contribution in [0.1, 0.15) is 0 Å². The molecule has 0 radical (unpaired) electrons. The summed E-state index contributed by atoms with van der Waals surface area (Å²) in [7, 11) is -7.25. The molecule has 0 saturated heterocycles. The number of nitrogens with zero attached hydrogens (tertiary/aromatic N) is 2. The fourth-order valence-corrected chi connectivity index (χ4v) is 7.19. The van der Waals surface area contributed by atoms with Crippen molar-refractivity contribution in [3.05, 3.63) is 134 Å². The number of hydrogen-bond donors (Lipinski definition) is 0. The first-order valence-electron chi connectivity index (χ1n) is 12.4. The maximum absolute atomic E-state index is 13.0. The van der Waals surface area contributed by atoms with Gasteiger partial charge in [0.15, 0.2) is 0 Å². The molecule has 1 heterocycles. The average Bonchev–Trinajstić information content (AvgIpc) is 3.01. The lowest BCUT2D eigenvalue weighted by atomic mass is 9.97. The third-order valence-corrected chi connectivity index (χ3v) is 10.3. The fourth-order valence-electron chi connectivity index (χ4n) is 4.62. The lowest BCUT2D eigenvalue weighted by molar-refractivity contribution is 0.594. The monoisotopic (exact) mass is 562 g/mol. The van der Waals surface area contributed by atoms with Crippen molar-refractivity contribution in [2.75, 3.05) is 0 Å². The van der Waals surface area contributed by atoms with Gasteiger partial charge in [0.25, 0.3) is 0 Å². The highest BCUT2D eigenvalue weighted by molar-refractivity contribution is 7.91. The van der Waals surface area contributed by atoms with Crippen LogP contribution >= 0.6 is 0 Å². The molecule has 0 saturated carbocycles. The third-order valence-electron chi connectivity index (χ3n) is 6.68. The van der Waals surface area contributed by atoms with Gasteiger partial charge in [-0.15, -0.1) is 0 Å². The van der Waals surface area contributed by atoms with Crippen molar-refractivity contribution >= 4 is 30.7 Å². The smallest absolute Gasteiger partial charge is 0.206 e. The van der Waals surface area contributed by atoms with Gasteiger partial charge in [-0.1, -0.05) is 72.8 Å². The van der Waals surface area contributed by atoms with Gasteiger partial charge < -0.3 is 0 Å². The van der Waals surface area contributed by atoms with E-state index >= 15 is 0 Å². The Morgan fingerprint density at radius 3 is 1.05 bits per heavy atom. The summed E-state index contributed by atoms with van der Waals surface area (Å²) in [6.45, 7) is 0. The van der Waals surface area contributed by atoms with Crippen molar-refractivity contribution in [1.82, 2.24) is 9.97 Å². The molecule has 8 heteroatoms. The second kappa shape index (κ2) is 10.1. The highest BCUT2D eigenvalue weighted by atomic mass is 32.2. The van der Waals surface area contributed by atoms with Gasteiger partial charge in [0.05, 0.1) is 30.6 Å². The SMILES string of the molecule is O=S(=O)(c1ccccc1)c1ccc(-c2ccc(-c3ccc(S(=O)(=O)c4ccccc4)cc3)c3nccnc23)cc1. The Morgan fingerprint density at radius 2 is 0.700 bits per heavy atom. The summed E-state index contributed by atoms with van der Waals surface area (Å²) in [6, 6.07) is 33.9. The molecule has 40 heavy (non-hydrogen) atoms. The van der Waals surface area contributed by atoms with E-state index in [1.54, 1.807) is 122 Å². The zero-order valence-electron chi connectivity index (χ0n) is 21.0. The number of aromatic nitrogens is 2. The molecule has 0 aliphatic rings. The number of hydrogen-bond acceptors (Lipinski definition) is 6. The molecule has 0 bridgehead atoms. The largest absolute Gasteiger partial charge is 0.252 e. The molecule has 0 atom stereocenters. The molecule has 0 aliphatic heterocycles. The second-order valence-electron chi connectivity index (χ2n) is 9.10. The standard InChI is InChI=1S/C32H22N2O4S2/c35-39(36,25-7-3-1-4-8-25)27-15-11-23(12-16-27)29-19-20-30(32-31(29)33-21-22-34-32)24-13-17-28(18-14-24)40(37,38)26-9-5-2-6-10-26/h1-22H. The molecular formula is C32H22N2O4S2. The minimum absolute atomic E-state index is 0.208. The average molecular weight is 563 g/mol. The number of fused-ring (bicyclic) bond motifs is 1. The molecule has 0 spiro atoms. The van der Waals surface area contributed by atoms with Crippen molar-refractivity contribution in [2.45, 2.75) is 19.6 Å². The zero-order valence-corrected chi connectivity index (χ0v) is 22.7. The summed E-state index contributed by atoms with van der Waals surface area (Å²) in [6.07, 6.45) is 3.22. The quantitative estimate of drug-likeness (QED) is 0.226. The van der Waals surface area contributed by atoms with Crippen LogP contribution in [0.3, 0.4) is 0 Å². The highest BCUT2D eigenvalue weighted by Gasteiger charge is 2.19. The van der Waals surface area contributed by atoms with Crippen LogP contribution in [0.4, 0.5) is 0 Å². The van der Waals surface area contributed by atoms with Gasteiger partial charge in [-0.2, -0.15) is 0 Å². The number of sulfone groups is 2. The molecule has 0 aliphatic carbocycles. The van der Waals surface area contributed by atoms with Gasteiger partial charge in [0.2, 0.25) is 19.7 Å². The van der Waals surface area contributed by atoms with E-state index in [0.29, 0.717) is 11.0 Å². The van der Waals surface area contributed by atoms with Crippen LogP contribution in [0.2, 0.25) is 0 Å². The topological polar surface area (TPSA) is 94.1 Å². The fraction of sp³-hybridized carbons (Fsp3) is 0. The Kier molecular flexibility index (Phi) is 6.50. The first-order chi connectivity index (χ1) is 19.4. The van der Waals surface area contributed by atoms with E-state index in [1.165, 1.54) is 0 Å². The van der Waals surface area contributed by atoms with Crippen LogP contribution < -0.4 is 0 Å². The van der Waals surface area contributed by atoms with Crippen LogP contribution in [0, 0.1) is 0 Å². The molecule has 0 N–H and O–H groups in total. The van der Waals surface area contributed by atoms with Gasteiger partial charge in [0.1, 0.15) is 0 Å². The van der Waals surface area contributed by atoms with E-state index in [9.17, 15) is 16.8 Å². The summed E-state index contributed by atoms with van der Waals surface area (Å²) in [5, 5.41) is 0. The van der Waals surface area contributed by atoms with Crippen LogP contribution in [0.25, 0.3) is 33.3 Å². The van der Waals surface area contributed by atoms with Crippen molar-refractivity contribution < 1.29 is 16.8 Å². The Morgan fingerprint density at radius 1 is 0.375 bits per heavy atom. The summed E-state index contributed by atoms with van der Waals surface area (Å²) in [4.78, 5) is 10.1. The number of rotatable bonds is 6. The first-order valence-corrected chi connectivity index (χ1v) is 15.4. The molecule has 6 rings (SSSR count).